The van der Waals surface area contributed by atoms with Crippen LogP contribution < -0.4 is 4.72 Å². The van der Waals surface area contributed by atoms with E-state index in [0.717, 1.165) is 5.56 Å². The number of rotatable bonds is 6. The molecule has 0 fully saturated rings. The molecule has 6 heteroatoms. The fraction of sp³-hybridized carbons (Fsp3) is 0.333. The van der Waals surface area contributed by atoms with E-state index in [9.17, 15) is 13.5 Å². The topological polar surface area (TPSA) is 66.4 Å². The summed E-state index contributed by atoms with van der Waals surface area (Å²) in [6, 6.07) is 8.10. The Kier molecular flexibility index (Phi) is 5.16. The number of aliphatic hydroxyl groups is 1. The van der Waals surface area contributed by atoms with Crippen LogP contribution in [0.15, 0.2) is 46.0 Å². The zero-order chi connectivity index (χ0) is 15.5. The predicted molar refractivity (Wildman–Crippen MR) is 84.9 cm³/mol. The van der Waals surface area contributed by atoms with E-state index < -0.39 is 16.1 Å². The highest BCUT2D eigenvalue weighted by Crippen LogP contribution is 2.17. The summed E-state index contributed by atoms with van der Waals surface area (Å²) in [6.07, 6.45) is 0.0568. The van der Waals surface area contributed by atoms with Gasteiger partial charge in [-0.2, -0.15) is 11.3 Å². The molecule has 0 aliphatic carbocycles. The van der Waals surface area contributed by atoms with Gasteiger partial charge in [0.05, 0.1) is 11.0 Å². The normalized spacial score (nSPS) is 14.8. The molecule has 1 aromatic carbocycles. The molecule has 0 saturated heterocycles. The summed E-state index contributed by atoms with van der Waals surface area (Å²) in [5.41, 5.74) is 1.82. The second-order valence-corrected chi connectivity index (χ2v) is 7.60. The van der Waals surface area contributed by atoms with Gasteiger partial charge in [-0.3, -0.25) is 0 Å². The van der Waals surface area contributed by atoms with Gasteiger partial charge in [0.25, 0.3) is 0 Å². The van der Waals surface area contributed by atoms with E-state index in [1.165, 1.54) is 12.1 Å². The van der Waals surface area contributed by atoms with Crippen molar-refractivity contribution in [1.29, 1.82) is 0 Å². The van der Waals surface area contributed by atoms with E-state index in [2.05, 4.69) is 4.72 Å². The maximum Gasteiger partial charge on any atom is 0.240 e. The summed E-state index contributed by atoms with van der Waals surface area (Å²) >= 11 is 1.60. The first-order valence-corrected chi connectivity index (χ1v) is 9.12. The number of benzene rings is 1. The maximum atomic E-state index is 12.3. The summed E-state index contributed by atoms with van der Waals surface area (Å²) in [4.78, 5) is 0.212. The Labute approximate surface area is 129 Å². The molecule has 1 aromatic heterocycles. The molecule has 0 aliphatic rings. The summed E-state index contributed by atoms with van der Waals surface area (Å²) in [5.74, 6) is 0. The van der Waals surface area contributed by atoms with Gasteiger partial charge in [0.15, 0.2) is 0 Å². The minimum atomic E-state index is -3.53. The monoisotopic (exact) mass is 325 g/mol. The van der Waals surface area contributed by atoms with Crippen LogP contribution in [0.2, 0.25) is 0 Å². The lowest BCUT2D eigenvalue weighted by Gasteiger charge is -2.14. The highest BCUT2D eigenvalue weighted by Gasteiger charge is 2.17. The van der Waals surface area contributed by atoms with Gasteiger partial charge in [-0.05, 0) is 60.4 Å². The predicted octanol–water partition coefficient (Wildman–Crippen LogP) is 2.71. The van der Waals surface area contributed by atoms with E-state index in [-0.39, 0.29) is 10.9 Å². The van der Waals surface area contributed by atoms with Gasteiger partial charge in [-0.1, -0.05) is 12.1 Å². The maximum absolute atomic E-state index is 12.3. The molecular weight excluding hydrogens is 306 g/mol. The molecule has 0 saturated carbocycles. The zero-order valence-corrected chi connectivity index (χ0v) is 13.6. The van der Waals surface area contributed by atoms with E-state index >= 15 is 0 Å². The van der Waals surface area contributed by atoms with Gasteiger partial charge in [0.1, 0.15) is 0 Å². The van der Waals surface area contributed by atoms with Crippen molar-refractivity contribution in [3.8, 4) is 0 Å². The van der Waals surface area contributed by atoms with E-state index in [4.69, 9.17) is 0 Å². The molecule has 0 amide bonds. The van der Waals surface area contributed by atoms with Gasteiger partial charge in [-0.15, -0.1) is 0 Å². The molecule has 21 heavy (non-hydrogen) atoms. The second-order valence-electron chi connectivity index (χ2n) is 5.10. The first kappa shape index (κ1) is 16.2. The zero-order valence-electron chi connectivity index (χ0n) is 12.0. The fourth-order valence-corrected chi connectivity index (χ4v) is 3.99. The lowest BCUT2D eigenvalue weighted by atomic mass is 10.1. The van der Waals surface area contributed by atoms with E-state index in [1.54, 1.807) is 30.4 Å². The Bertz CT molecular complexity index is 661. The lowest BCUT2D eigenvalue weighted by Crippen LogP contribution is -2.34. The van der Waals surface area contributed by atoms with Gasteiger partial charge in [0, 0.05) is 6.04 Å². The van der Waals surface area contributed by atoms with Gasteiger partial charge in [-0.25, -0.2) is 13.1 Å². The Morgan fingerprint density at radius 1 is 1.19 bits per heavy atom. The molecule has 114 valence electrons. The Morgan fingerprint density at radius 3 is 2.38 bits per heavy atom. The standard InChI is InChI=1S/C15H19NO3S2/c1-11(9-13-7-8-20-10-13)16-21(18,19)15-5-3-14(4-6-15)12(2)17/h3-8,10-12,16-17H,9H2,1-2H3. The molecular formula is C15H19NO3S2. The molecule has 2 unspecified atom stereocenters. The average Bonchev–Trinajstić information content (AvgIpc) is 2.90. The van der Waals surface area contributed by atoms with Crippen LogP contribution in [0, 0.1) is 0 Å². The number of nitrogens with one attached hydrogen (secondary N) is 1. The summed E-state index contributed by atoms with van der Waals surface area (Å²) in [7, 11) is -3.53. The fourth-order valence-electron chi connectivity index (χ4n) is 2.06. The van der Waals surface area contributed by atoms with Crippen LogP contribution in [0.5, 0.6) is 0 Å². The van der Waals surface area contributed by atoms with Gasteiger partial charge in [0.2, 0.25) is 10.0 Å². The number of hydrogen-bond acceptors (Lipinski definition) is 4. The molecule has 0 bridgehead atoms. The molecule has 1 heterocycles. The van der Waals surface area contributed by atoms with Crippen molar-refractivity contribution >= 4 is 21.4 Å². The molecule has 2 atom stereocenters. The SMILES string of the molecule is CC(Cc1ccsc1)NS(=O)(=O)c1ccc(C(C)O)cc1. The highest BCUT2D eigenvalue weighted by molar-refractivity contribution is 7.89. The number of aliphatic hydroxyl groups excluding tert-OH is 1. The number of thiophene rings is 1. The van der Waals surface area contributed by atoms with Crippen molar-refractivity contribution in [1.82, 2.24) is 4.72 Å². The van der Waals surface area contributed by atoms with Crippen LogP contribution >= 0.6 is 11.3 Å². The van der Waals surface area contributed by atoms with Crippen LogP contribution in [0.25, 0.3) is 0 Å². The molecule has 2 N–H and O–H groups in total. The average molecular weight is 325 g/mol. The van der Waals surface area contributed by atoms with Crippen molar-refractivity contribution in [2.24, 2.45) is 0 Å². The molecule has 0 radical (unpaired) electrons. The van der Waals surface area contributed by atoms with Gasteiger partial charge >= 0.3 is 0 Å². The van der Waals surface area contributed by atoms with E-state index in [1.807, 2.05) is 23.8 Å². The minimum Gasteiger partial charge on any atom is -0.389 e. The quantitative estimate of drug-likeness (QED) is 0.858. The smallest absolute Gasteiger partial charge is 0.240 e. The molecule has 0 spiro atoms. The highest BCUT2D eigenvalue weighted by atomic mass is 32.2. The molecule has 2 aromatic rings. The van der Waals surface area contributed by atoms with Crippen molar-refractivity contribution in [2.75, 3.05) is 0 Å². The first-order chi connectivity index (χ1) is 9.88. The third-order valence-corrected chi connectivity index (χ3v) is 5.49. The van der Waals surface area contributed by atoms with Crippen molar-refractivity contribution in [2.45, 2.75) is 37.3 Å². The summed E-state index contributed by atoms with van der Waals surface area (Å²) in [6.45, 7) is 3.49. The van der Waals surface area contributed by atoms with Crippen LogP contribution in [0.3, 0.4) is 0 Å². The number of sulfonamides is 1. The third kappa shape index (κ3) is 4.38. The summed E-state index contributed by atoms with van der Waals surface area (Å²) < 4.78 is 27.2. The van der Waals surface area contributed by atoms with Crippen molar-refractivity contribution < 1.29 is 13.5 Å². The Hall–Kier alpha value is -1.21. The van der Waals surface area contributed by atoms with Crippen molar-refractivity contribution in [3.05, 3.63) is 52.2 Å². The number of hydrogen-bond donors (Lipinski definition) is 2. The largest absolute Gasteiger partial charge is 0.389 e. The molecule has 2 rings (SSSR count). The first-order valence-electron chi connectivity index (χ1n) is 6.70. The van der Waals surface area contributed by atoms with Crippen LogP contribution in [-0.4, -0.2) is 19.6 Å². The lowest BCUT2D eigenvalue weighted by molar-refractivity contribution is 0.199. The van der Waals surface area contributed by atoms with Crippen LogP contribution in [0.1, 0.15) is 31.1 Å². The van der Waals surface area contributed by atoms with E-state index in [0.29, 0.717) is 12.0 Å². The van der Waals surface area contributed by atoms with Crippen molar-refractivity contribution in [3.63, 3.8) is 0 Å². The molecule has 0 aliphatic heterocycles. The Balaban J connectivity index is 2.07. The van der Waals surface area contributed by atoms with Crippen LogP contribution in [-0.2, 0) is 16.4 Å². The summed E-state index contributed by atoms with van der Waals surface area (Å²) in [5, 5.41) is 13.4. The van der Waals surface area contributed by atoms with Crippen LogP contribution in [0.4, 0.5) is 0 Å². The third-order valence-electron chi connectivity index (χ3n) is 3.15. The second kappa shape index (κ2) is 6.70. The Morgan fingerprint density at radius 2 is 1.86 bits per heavy atom. The minimum absolute atomic E-state index is 0.180. The van der Waals surface area contributed by atoms with Gasteiger partial charge < -0.3 is 5.11 Å². The molecule has 4 nitrogen and oxygen atoms in total.